The van der Waals surface area contributed by atoms with Crippen molar-refractivity contribution in [1.29, 1.82) is 0 Å². The summed E-state index contributed by atoms with van der Waals surface area (Å²) >= 11 is 0. The lowest BCUT2D eigenvalue weighted by atomic mass is 9.94. The largest absolute Gasteiger partial charge is 0.330 e. The van der Waals surface area contributed by atoms with Crippen LogP contribution < -0.4 is 5.73 Å². The van der Waals surface area contributed by atoms with Crippen LogP contribution in [0.2, 0.25) is 0 Å². The molecule has 0 amide bonds. The molecule has 1 atom stereocenters. The van der Waals surface area contributed by atoms with Crippen LogP contribution in [0.1, 0.15) is 41.9 Å². The predicted octanol–water partition coefficient (Wildman–Crippen LogP) is 2.47. The average molecular weight is 187 g/mol. The molecular weight excluding hydrogens is 170 g/mol. The molecule has 3 rings (SSSR count). The van der Waals surface area contributed by atoms with Gasteiger partial charge in [0.15, 0.2) is 0 Å². The summed E-state index contributed by atoms with van der Waals surface area (Å²) in [6.45, 7) is 3.07. The molecule has 0 radical (unpaired) electrons. The van der Waals surface area contributed by atoms with Crippen LogP contribution in [0.25, 0.3) is 0 Å². The second-order valence-corrected chi connectivity index (χ2v) is 4.96. The van der Waals surface area contributed by atoms with E-state index >= 15 is 0 Å². The van der Waals surface area contributed by atoms with Crippen LogP contribution in [-0.2, 0) is 5.41 Å². The molecular formula is C13H17N. The van der Waals surface area contributed by atoms with Gasteiger partial charge in [-0.15, -0.1) is 0 Å². The average Bonchev–Trinajstić information content (AvgIpc) is 2.85. The molecule has 1 nitrogen and oxygen atoms in total. The second-order valence-electron chi connectivity index (χ2n) is 4.96. The van der Waals surface area contributed by atoms with E-state index in [0.717, 1.165) is 6.54 Å². The van der Waals surface area contributed by atoms with Gasteiger partial charge in [-0.25, -0.2) is 0 Å². The summed E-state index contributed by atoms with van der Waals surface area (Å²) in [6, 6.07) is 6.71. The monoisotopic (exact) mass is 187 g/mol. The Morgan fingerprint density at radius 1 is 1.43 bits per heavy atom. The van der Waals surface area contributed by atoms with Gasteiger partial charge in [-0.05, 0) is 60.8 Å². The Morgan fingerprint density at radius 2 is 2.21 bits per heavy atom. The Morgan fingerprint density at radius 3 is 2.86 bits per heavy atom. The van der Waals surface area contributed by atoms with Gasteiger partial charge < -0.3 is 5.73 Å². The molecule has 1 saturated carbocycles. The van der Waals surface area contributed by atoms with E-state index in [0.29, 0.717) is 11.3 Å². The first kappa shape index (κ1) is 8.49. The lowest BCUT2D eigenvalue weighted by molar-refractivity contribution is 0.586. The number of rotatable bonds is 1. The third kappa shape index (κ3) is 0.936. The first-order chi connectivity index (χ1) is 6.77. The Balaban J connectivity index is 2.18. The molecule has 1 heteroatoms. The molecule has 1 aromatic rings. The zero-order valence-corrected chi connectivity index (χ0v) is 8.72. The summed E-state index contributed by atoms with van der Waals surface area (Å²) in [6.07, 6.45) is 4.09. The summed E-state index contributed by atoms with van der Waals surface area (Å²) in [7, 11) is 0. The van der Waals surface area contributed by atoms with Gasteiger partial charge in [0, 0.05) is 0 Å². The van der Waals surface area contributed by atoms with Crippen LogP contribution in [0.4, 0.5) is 0 Å². The fourth-order valence-corrected chi connectivity index (χ4v) is 3.25. The Labute approximate surface area is 85.3 Å². The van der Waals surface area contributed by atoms with E-state index in [9.17, 15) is 0 Å². The minimum Gasteiger partial charge on any atom is -0.330 e. The van der Waals surface area contributed by atoms with Gasteiger partial charge in [0.1, 0.15) is 0 Å². The van der Waals surface area contributed by atoms with Crippen LogP contribution >= 0.6 is 0 Å². The van der Waals surface area contributed by atoms with Gasteiger partial charge in [-0.3, -0.25) is 0 Å². The van der Waals surface area contributed by atoms with Crippen LogP contribution in [0.15, 0.2) is 18.2 Å². The second kappa shape index (κ2) is 2.60. The molecule has 0 aromatic heterocycles. The van der Waals surface area contributed by atoms with Gasteiger partial charge in [-0.2, -0.15) is 0 Å². The van der Waals surface area contributed by atoms with Crippen molar-refractivity contribution < 1.29 is 0 Å². The van der Waals surface area contributed by atoms with E-state index in [1.54, 1.807) is 11.1 Å². The zero-order chi connectivity index (χ0) is 9.76. The summed E-state index contributed by atoms with van der Waals surface area (Å²) in [5.41, 5.74) is 11.1. The van der Waals surface area contributed by atoms with Gasteiger partial charge >= 0.3 is 0 Å². The molecule has 2 N–H and O–H groups in total. The van der Waals surface area contributed by atoms with E-state index < -0.39 is 0 Å². The van der Waals surface area contributed by atoms with Crippen molar-refractivity contribution in [2.45, 2.75) is 37.5 Å². The first-order valence-corrected chi connectivity index (χ1v) is 5.57. The highest BCUT2D eigenvalue weighted by atomic mass is 14.6. The zero-order valence-electron chi connectivity index (χ0n) is 8.72. The SMILES string of the molecule is Cc1cccc2c1C1(CC1)CC2CN. The third-order valence-corrected chi connectivity index (χ3v) is 4.05. The van der Waals surface area contributed by atoms with E-state index in [1.165, 1.54) is 24.8 Å². The van der Waals surface area contributed by atoms with E-state index in [1.807, 2.05) is 0 Å². The van der Waals surface area contributed by atoms with Crippen LogP contribution in [0, 0.1) is 6.92 Å². The number of nitrogens with two attached hydrogens (primary N) is 1. The van der Waals surface area contributed by atoms with Crippen molar-refractivity contribution >= 4 is 0 Å². The minimum atomic E-state index is 0.560. The number of benzene rings is 1. The Bertz CT molecular complexity index is 377. The molecule has 1 spiro atoms. The lowest BCUT2D eigenvalue weighted by Gasteiger charge is -2.10. The maximum atomic E-state index is 5.85. The van der Waals surface area contributed by atoms with Crippen molar-refractivity contribution in [3.8, 4) is 0 Å². The topological polar surface area (TPSA) is 26.0 Å². The van der Waals surface area contributed by atoms with Crippen molar-refractivity contribution in [3.05, 3.63) is 34.9 Å². The summed E-state index contributed by atoms with van der Waals surface area (Å²) in [5, 5.41) is 0. The molecule has 74 valence electrons. The molecule has 0 bridgehead atoms. The Kier molecular flexibility index (Phi) is 1.58. The van der Waals surface area contributed by atoms with Crippen LogP contribution in [0.3, 0.4) is 0 Å². The predicted molar refractivity (Wildman–Crippen MR) is 58.5 cm³/mol. The molecule has 2 aliphatic rings. The normalized spacial score (nSPS) is 26.6. The van der Waals surface area contributed by atoms with Crippen LogP contribution in [-0.4, -0.2) is 6.54 Å². The molecule has 2 aliphatic carbocycles. The highest BCUT2D eigenvalue weighted by Crippen LogP contribution is 2.61. The fourth-order valence-electron chi connectivity index (χ4n) is 3.25. The van der Waals surface area contributed by atoms with Gasteiger partial charge in [-0.1, -0.05) is 18.2 Å². The molecule has 1 unspecified atom stereocenters. The smallest absolute Gasteiger partial charge is 0.000780 e. The number of hydrogen-bond donors (Lipinski definition) is 1. The first-order valence-electron chi connectivity index (χ1n) is 5.57. The molecule has 14 heavy (non-hydrogen) atoms. The van der Waals surface area contributed by atoms with Crippen molar-refractivity contribution in [2.75, 3.05) is 6.54 Å². The molecule has 0 heterocycles. The Hall–Kier alpha value is -0.820. The maximum Gasteiger partial charge on any atom is -0.000780 e. The molecule has 1 aromatic carbocycles. The molecule has 0 aliphatic heterocycles. The van der Waals surface area contributed by atoms with E-state index in [4.69, 9.17) is 5.73 Å². The molecule has 1 fully saturated rings. The van der Waals surface area contributed by atoms with Gasteiger partial charge in [0.05, 0.1) is 0 Å². The summed E-state index contributed by atoms with van der Waals surface area (Å²) in [4.78, 5) is 0. The molecule has 0 saturated heterocycles. The van der Waals surface area contributed by atoms with Crippen molar-refractivity contribution in [1.82, 2.24) is 0 Å². The maximum absolute atomic E-state index is 5.85. The number of hydrogen-bond acceptors (Lipinski definition) is 1. The van der Waals surface area contributed by atoms with Gasteiger partial charge in [0.25, 0.3) is 0 Å². The third-order valence-electron chi connectivity index (χ3n) is 4.05. The van der Waals surface area contributed by atoms with Crippen molar-refractivity contribution in [3.63, 3.8) is 0 Å². The summed E-state index contributed by atoms with van der Waals surface area (Å²) in [5.74, 6) is 0.632. The fraction of sp³-hybridized carbons (Fsp3) is 0.538. The minimum absolute atomic E-state index is 0.560. The van der Waals surface area contributed by atoms with Gasteiger partial charge in [0.2, 0.25) is 0 Å². The van der Waals surface area contributed by atoms with Crippen molar-refractivity contribution in [2.24, 2.45) is 5.73 Å². The van der Waals surface area contributed by atoms with Crippen LogP contribution in [0.5, 0.6) is 0 Å². The standard InChI is InChI=1S/C13H17N/c1-9-3-2-4-11-10(8-14)7-13(5-6-13)12(9)11/h2-4,10H,5-8,14H2,1H3. The quantitative estimate of drug-likeness (QED) is 0.718. The van der Waals surface area contributed by atoms with E-state index in [2.05, 4.69) is 25.1 Å². The highest BCUT2D eigenvalue weighted by Gasteiger charge is 2.52. The lowest BCUT2D eigenvalue weighted by Crippen LogP contribution is -2.10. The number of aryl methyl sites for hydroxylation is 1. The summed E-state index contributed by atoms with van der Waals surface area (Å²) < 4.78 is 0. The number of fused-ring (bicyclic) bond motifs is 2. The highest BCUT2D eigenvalue weighted by molar-refractivity contribution is 5.50. The van der Waals surface area contributed by atoms with E-state index in [-0.39, 0.29) is 0 Å².